The zero-order valence-corrected chi connectivity index (χ0v) is 16.3. The zero-order chi connectivity index (χ0) is 19.7. The highest BCUT2D eigenvalue weighted by Crippen LogP contribution is 2.36. The van der Waals surface area contributed by atoms with Crippen LogP contribution in [0.3, 0.4) is 0 Å². The Labute approximate surface area is 168 Å². The van der Waals surface area contributed by atoms with E-state index < -0.39 is 0 Å². The Balaban J connectivity index is 1.91. The molecular formula is C23H18ClN3O. The lowest BCUT2D eigenvalue weighted by molar-refractivity contribution is 0.103. The monoisotopic (exact) mass is 387 g/mol. The topological polar surface area (TPSA) is 46.7 Å². The number of azo groups is 1. The van der Waals surface area contributed by atoms with Gasteiger partial charge in [0.15, 0.2) is 0 Å². The number of aryl methyl sites for hydroxylation is 2. The second-order valence-electron chi connectivity index (χ2n) is 6.65. The minimum Gasteiger partial charge on any atom is -0.339 e. The summed E-state index contributed by atoms with van der Waals surface area (Å²) < 4.78 is 1.85. The van der Waals surface area contributed by atoms with Gasteiger partial charge in [-0.2, -0.15) is 5.11 Å². The molecule has 0 amide bonds. The fourth-order valence-electron chi connectivity index (χ4n) is 3.20. The normalized spacial score (nSPS) is 11.4. The van der Waals surface area contributed by atoms with Gasteiger partial charge in [0.05, 0.1) is 11.2 Å². The van der Waals surface area contributed by atoms with Crippen molar-refractivity contribution in [1.82, 2.24) is 4.57 Å². The Morgan fingerprint density at radius 3 is 2.36 bits per heavy atom. The van der Waals surface area contributed by atoms with Crippen molar-refractivity contribution in [2.75, 3.05) is 0 Å². The van der Waals surface area contributed by atoms with Crippen LogP contribution in [-0.2, 0) is 7.05 Å². The van der Waals surface area contributed by atoms with E-state index in [1.54, 1.807) is 12.1 Å². The highest BCUT2D eigenvalue weighted by Gasteiger charge is 2.22. The van der Waals surface area contributed by atoms with Crippen LogP contribution >= 0.6 is 11.6 Å². The van der Waals surface area contributed by atoms with Gasteiger partial charge < -0.3 is 4.57 Å². The molecule has 138 valence electrons. The summed E-state index contributed by atoms with van der Waals surface area (Å²) in [6.07, 6.45) is 0. The van der Waals surface area contributed by atoms with Crippen LogP contribution in [0.5, 0.6) is 0 Å². The summed E-state index contributed by atoms with van der Waals surface area (Å²) >= 11 is 6.22. The molecule has 0 radical (unpaired) electrons. The summed E-state index contributed by atoms with van der Waals surface area (Å²) in [5.74, 6) is -0.103. The summed E-state index contributed by atoms with van der Waals surface area (Å²) in [5.41, 5.74) is 4.36. The van der Waals surface area contributed by atoms with Gasteiger partial charge in [0.25, 0.3) is 0 Å². The number of rotatable bonds is 4. The molecule has 4 nitrogen and oxygen atoms in total. The van der Waals surface area contributed by atoms with E-state index in [-0.39, 0.29) is 5.78 Å². The SMILES string of the molecule is Cc1ccc(/N=N/c2c(C(=O)c3ccccc3)n(C)c3ccc(Cl)cc23)cc1. The summed E-state index contributed by atoms with van der Waals surface area (Å²) in [4.78, 5) is 13.2. The van der Waals surface area contributed by atoms with E-state index >= 15 is 0 Å². The van der Waals surface area contributed by atoms with Crippen LogP contribution in [0.4, 0.5) is 11.4 Å². The summed E-state index contributed by atoms with van der Waals surface area (Å²) in [5, 5.41) is 10.2. The van der Waals surface area contributed by atoms with Crippen molar-refractivity contribution in [2.45, 2.75) is 6.92 Å². The van der Waals surface area contributed by atoms with E-state index in [0.29, 0.717) is 22.0 Å². The second kappa shape index (κ2) is 7.41. The van der Waals surface area contributed by atoms with Crippen molar-refractivity contribution >= 4 is 39.7 Å². The summed E-state index contributed by atoms with van der Waals surface area (Å²) in [7, 11) is 1.86. The molecule has 0 aliphatic heterocycles. The second-order valence-corrected chi connectivity index (χ2v) is 7.08. The van der Waals surface area contributed by atoms with Crippen LogP contribution in [0.2, 0.25) is 5.02 Å². The zero-order valence-electron chi connectivity index (χ0n) is 15.6. The molecule has 0 bridgehead atoms. The molecule has 4 aromatic rings. The van der Waals surface area contributed by atoms with Gasteiger partial charge in [0.2, 0.25) is 5.78 Å². The van der Waals surface area contributed by atoms with Crippen LogP contribution in [0.1, 0.15) is 21.6 Å². The third-order valence-electron chi connectivity index (χ3n) is 4.69. The fraction of sp³-hybridized carbons (Fsp3) is 0.0870. The Bertz CT molecular complexity index is 1190. The van der Waals surface area contributed by atoms with Crippen molar-refractivity contribution in [3.63, 3.8) is 0 Å². The van der Waals surface area contributed by atoms with Gasteiger partial charge in [0, 0.05) is 23.0 Å². The molecule has 0 aliphatic rings. The molecular weight excluding hydrogens is 370 g/mol. The molecule has 0 saturated heterocycles. The average molecular weight is 388 g/mol. The highest BCUT2D eigenvalue weighted by molar-refractivity contribution is 6.31. The van der Waals surface area contributed by atoms with E-state index in [1.165, 1.54) is 0 Å². The Morgan fingerprint density at radius 1 is 0.929 bits per heavy atom. The number of aromatic nitrogens is 1. The minimum atomic E-state index is -0.103. The summed E-state index contributed by atoms with van der Waals surface area (Å²) in [6, 6.07) is 22.5. The minimum absolute atomic E-state index is 0.103. The number of fused-ring (bicyclic) bond motifs is 1. The van der Waals surface area contributed by atoms with Crippen LogP contribution in [0, 0.1) is 6.92 Å². The fourth-order valence-corrected chi connectivity index (χ4v) is 3.38. The molecule has 1 aromatic heterocycles. The number of carbonyl (C=O) groups is 1. The lowest BCUT2D eigenvalue weighted by Crippen LogP contribution is -2.07. The van der Waals surface area contributed by atoms with E-state index in [4.69, 9.17) is 11.6 Å². The van der Waals surface area contributed by atoms with E-state index in [1.807, 2.05) is 79.2 Å². The predicted molar refractivity (Wildman–Crippen MR) is 113 cm³/mol. The maximum Gasteiger partial charge on any atom is 0.211 e. The van der Waals surface area contributed by atoms with Crippen molar-refractivity contribution < 1.29 is 4.79 Å². The molecule has 0 saturated carbocycles. The van der Waals surface area contributed by atoms with Crippen LogP contribution in [0.15, 0.2) is 83.0 Å². The van der Waals surface area contributed by atoms with Crippen molar-refractivity contribution in [2.24, 2.45) is 17.3 Å². The van der Waals surface area contributed by atoms with Gasteiger partial charge in [-0.05, 0) is 37.3 Å². The van der Waals surface area contributed by atoms with E-state index in [2.05, 4.69) is 10.2 Å². The molecule has 5 heteroatoms. The maximum atomic E-state index is 13.2. The van der Waals surface area contributed by atoms with Gasteiger partial charge in [-0.3, -0.25) is 4.79 Å². The van der Waals surface area contributed by atoms with E-state index in [0.717, 1.165) is 22.2 Å². The number of hydrogen-bond acceptors (Lipinski definition) is 3. The Hall–Kier alpha value is -3.24. The van der Waals surface area contributed by atoms with Crippen LogP contribution < -0.4 is 0 Å². The number of nitrogens with zero attached hydrogens (tertiary/aromatic N) is 3. The largest absolute Gasteiger partial charge is 0.339 e. The highest BCUT2D eigenvalue weighted by atomic mass is 35.5. The molecule has 28 heavy (non-hydrogen) atoms. The molecule has 0 spiro atoms. The van der Waals surface area contributed by atoms with Gasteiger partial charge >= 0.3 is 0 Å². The van der Waals surface area contributed by atoms with Crippen molar-refractivity contribution in [1.29, 1.82) is 0 Å². The van der Waals surface area contributed by atoms with Gasteiger partial charge in [0.1, 0.15) is 11.4 Å². The number of hydrogen-bond donors (Lipinski definition) is 0. The van der Waals surface area contributed by atoms with Gasteiger partial charge in [-0.1, -0.05) is 59.6 Å². The van der Waals surface area contributed by atoms with Crippen LogP contribution in [-0.4, -0.2) is 10.4 Å². The lowest BCUT2D eigenvalue weighted by atomic mass is 10.1. The van der Waals surface area contributed by atoms with Crippen molar-refractivity contribution in [3.8, 4) is 0 Å². The molecule has 0 atom stereocenters. The molecule has 0 unspecified atom stereocenters. The number of benzene rings is 3. The maximum absolute atomic E-state index is 13.2. The average Bonchev–Trinajstić information content (AvgIpc) is 2.98. The Kier molecular flexibility index (Phi) is 4.80. The summed E-state index contributed by atoms with van der Waals surface area (Å²) in [6.45, 7) is 2.02. The molecule has 0 aliphatic carbocycles. The molecule has 1 heterocycles. The third kappa shape index (κ3) is 3.35. The van der Waals surface area contributed by atoms with E-state index in [9.17, 15) is 4.79 Å². The standard InChI is InChI=1S/C23H18ClN3O/c1-15-8-11-18(12-9-15)25-26-21-19-14-17(24)10-13-20(19)27(2)22(21)23(28)16-6-4-3-5-7-16/h3-14H,1-2H3/b26-25+. The third-order valence-corrected chi connectivity index (χ3v) is 4.92. The first-order valence-corrected chi connectivity index (χ1v) is 9.28. The number of carbonyl (C=O) groups excluding carboxylic acids is 1. The molecule has 0 fully saturated rings. The van der Waals surface area contributed by atoms with Gasteiger partial charge in [-0.15, -0.1) is 5.11 Å². The smallest absolute Gasteiger partial charge is 0.211 e. The molecule has 4 rings (SSSR count). The molecule has 0 N–H and O–H groups in total. The number of ketones is 1. The first-order valence-electron chi connectivity index (χ1n) is 8.90. The first kappa shape index (κ1) is 18.1. The first-order chi connectivity index (χ1) is 13.5. The predicted octanol–water partition coefficient (Wildman–Crippen LogP) is 6.79. The number of halogens is 1. The molecule has 3 aromatic carbocycles. The van der Waals surface area contributed by atoms with Crippen LogP contribution in [0.25, 0.3) is 10.9 Å². The van der Waals surface area contributed by atoms with Crippen molar-refractivity contribution in [3.05, 3.63) is 94.6 Å². The van der Waals surface area contributed by atoms with Gasteiger partial charge in [-0.25, -0.2) is 0 Å². The Morgan fingerprint density at radius 2 is 1.64 bits per heavy atom. The lowest BCUT2D eigenvalue weighted by Gasteiger charge is -2.04. The quantitative estimate of drug-likeness (QED) is 0.281.